The van der Waals surface area contributed by atoms with Crippen molar-refractivity contribution in [2.75, 3.05) is 11.4 Å². The lowest BCUT2D eigenvalue weighted by atomic mass is 9.92. The average Bonchev–Trinajstić information content (AvgIpc) is 2.73. The molecule has 1 aliphatic heterocycles. The van der Waals surface area contributed by atoms with E-state index < -0.39 is 11.2 Å². The number of aromatic nitrogens is 1. The Labute approximate surface area is 198 Å². The van der Waals surface area contributed by atoms with Gasteiger partial charge in [-0.25, -0.2) is 14.6 Å². The van der Waals surface area contributed by atoms with Crippen LogP contribution < -0.4 is 4.90 Å². The summed E-state index contributed by atoms with van der Waals surface area (Å²) >= 11 is 0. The van der Waals surface area contributed by atoms with Crippen LogP contribution in [0.5, 0.6) is 0 Å². The zero-order valence-corrected chi connectivity index (χ0v) is 21.2. The third kappa shape index (κ3) is 6.84. The molecule has 7 heteroatoms. The van der Waals surface area contributed by atoms with Crippen LogP contribution in [-0.2, 0) is 9.47 Å². The molecule has 1 atom stereocenters. The van der Waals surface area contributed by atoms with E-state index in [4.69, 9.17) is 14.5 Å². The summed E-state index contributed by atoms with van der Waals surface area (Å²) in [5.41, 5.74) is -0.284. The molecule has 2 heterocycles. The lowest BCUT2D eigenvalue weighted by Crippen LogP contribution is -2.47. The van der Waals surface area contributed by atoms with Crippen LogP contribution in [0.4, 0.5) is 15.4 Å². The Kier molecular flexibility index (Phi) is 7.91. The topological polar surface area (TPSA) is 72.0 Å². The number of carbonyl (C=O) groups is 2. The molecular formula is C26H41N3O4. The quantitative estimate of drug-likeness (QED) is 0.508. The van der Waals surface area contributed by atoms with Gasteiger partial charge in [0, 0.05) is 24.3 Å². The summed E-state index contributed by atoms with van der Waals surface area (Å²) < 4.78 is 11.6. The van der Waals surface area contributed by atoms with Crippen molar-refractivity contribution in [1.82, 2.24) is 9.88 Å². The Balaban J connectivity index is 1.99. The van der Waals surface area contributed by atoms with Gasteiger partial charge in [0.15, 0.2) is 0 Å². The van der Waals surface area contributed by atoms with E-state index in [1.54, 1.807) is 11.1 Å². The monoisotopic (exact) mass is 459 g/mol. The molecule has 0 N–H and O–H groups in total. The lowest BCUT2D eigenvalue weighted by molar-refractivity contribution is 0.00954. The van der Waals surface area contributed by atoms with Gasteiger partial charge in [-0.15, -0.1) is 0 Å². The number of amides is 2. The van der Waals surface area contributed by atoms with Gasteiger partial charge in [0.1, 0.15) is 17.0 Å². The summed E-state index contributed by atoms with van der Waals surface area (Å²) in [5.74, 6) is 0.610. The summed E-state index contributed by atoms with van der Waals surface area (Å²) in [7, 11) is 0. The summed E-state index contributed by atoms with van der Waals surface area (Å²) in [5, 5.41) is 0. The highest BCUT2D eigenvalue weighted by molar-refractivity contribution is 5.88. The summed E-state index contributed by atoms with van der Waals surface area (Å²) in [6.45, 7) is 11.9. The van der Waals surface area contributed by atoms with Crippen molar-refractivity contribution in [1.29, 1.82) is 0 Å². The van der Waals surface area contributed by atoms with Gasteiger partial charge in [0.25, 0.3) is 0 Å². The van der Waals surface area contributed by atoms with Gasteiger partial charge < -0.3 is 14.4 Å². The maximum atomic E-state index is 13.5. The Morgan fingerprint density at radius 3 is 2.21 bits per heavy atom. The smallest absolute Gasteiger partial charge is 0.416 e. The highest BCUT2D eigenvalue weighted by Gasteiger charge is 2.38. The van der Waals surface area contributed by atoms with Gasteiger partial charge in [0.05, 0.1) is 6.04 Å². The van der Waals surface area contributed by atoms with Crippen LogP contribution in [0.3, 0.4) is 0 Å². The van der Waals surface area contributed by atoms with Crippen molar-refractivity contribution >= 4 is 18.0 Å². The molecular weight excluding hydrogens is 418 g/mol. The second kappa shape index (κ2) is 10.3. The van der Waals surface area contributed by atoms with Gasteiger partial charge in [-0.2, -0.15) is 0 Å². The number of pyridine rings is 1. The van der Waals surface area contributed by atoms with Crippen molar-refractivity contribution in [2.24, 2.45) is 0 Å². The summed E-state index contributed by atoms with van der Waals surface area (Å²) in [4.78, 5) is 34.8. The molecule has 7 nitrogen and oxygen atoms in total. The molecule has 1 aromatic rings. The molecule has 2 amide bonds. The SMILES string of the molecule is CC(C)(C)OC(=O)N1CCCCC1c1cccnc1N(C(=O)OC(C)(C)C)C1CCCCC1. The van der Waals surface area contributed by atoms with E-state index in [2.05, 4.69) is 0 Å². The third-order valence-electron chi connectivity index (χ3n) is 6.06. The maximum absolute atomic E-state index is 13.5. The zero-order chi connectivity index (χ0) is 24.2. The first-order valence-electron chi connectivity index (χ1n) is 12.4. The molecule has 184 valence electrons. The molecule has 0 spiro atoms. The van der Waals surface area contributed by atoms with E-state index in [0.717, 1.165) is 50.5 Å². The lowest BCUT2D eigenvalue weighted by Gasteiger charge is -2.40. The third-order valence-corrected chi connectivity index (χ3v) is 6.06. The molecule has 0 aromatic carbocycles. The predicted molar refractivity (Wildman–Crippen MR) is 129 cm³/mol. The second-order valence-corrected chi connectivity index (χ2v) is 11.2. The normalized spacial score (nSPS) is 20.3. The number of likely N-dealkylation sites (tertiary alicyclic amines) is 1. The summed E-state index contributed by atoms with van der Waals surface area (Å²) in [6, 6.07) is 3.73. The van der Waals surface area contributed by atoms with E-state index >= 15 is 0 Å². The number of ether oxygens (including phenoxy) is 2. The molecule has 1 aromatic heterocycles. The molecule has 33 heavy (non-hydrogen) atoms. The maximum Gasteiger partial charge on any atom is 0.416 e. The van der Waals surface area contributed by atoms with Crippen LogP contribution in [0.25, 0.3) is 0 Å². The molecule has 2 fully saturated rings. The highest BCUT2D eigenvalue weighted by Crippen LogP contribution is 2.38. The van der Waals surface area contributed by atoms with E-state index in [0.29, 0.717) is 12.4 Å². The largest absolute Gasteiger partial charge is 0.444 e. The van der Waals surface area contributed by atoms with Crippen LogP contribution in [0.15, 0.2) is 18.3 Å². The number of hydrogen-bond donors (Lipinski definition) is 0. The number of piperidine rings is 1. The minimum absolute atomic E-state index is 0.0424. The zero-order valence-electron chi connectivity index (χ0n) is 21.2. The Hall–Kier alpha value is -2.31. The van der Waals surface area contributed by atoms with Crippen molar-refractivity contribution in [3.05, 3.63) is 23.9 Å². The summed E-state index contributed by atoms with van der Waals surface area (Å²) in [6.07, 6.45) is 8.99. The highest BCUT2D eigenvalue weighted by atomic mass is 16.6. The average molecular weight is 460 g/mol. The first-order chi connectivity index (χ1) is 15.5. The van der Waals surface area contributed by atoms with Crippen molar-refractivity contribution in [3.8, 4) is 0 Å². The minimum Gasteiger partial charge on any atom is -0.444 e. The van der Waals surface area contributed by atoms with Crippen molar-refractivity contribution in [3.63, 3.8) is 0 Å². The number of anilines is 1. The van der Waals surface area contributed by atoms with Gasteiger partial charge in [-0.3, -0.25) is 4.90 Å². The standard InChI is InChI=1S/C26H41N3O4/c1-25(2,3)32-23(30)28-18-11-10-16-21(28)20-15-12-17-27-22(20)29(19-13-8-7-9-14-19)24(31)33-26(4,5)6/h12,15,17,19,21H,7-11,13-14,16,18H2,1-6H3. The minimum atomic E-state index is -0.605. The van der Waals surface area contributed by atoms with Gasteiger partial charge >= 0.3 is 12.2 Å². The van der Waals surface area contributed by atoms with Crippen LogP contribution in [-0.4, -0.2) is 45.9 Å². The van der Waals surface area contributed by atoms with E-state index in [1.807, 2.05) is 58.6 Å². The Bertz CT molecular complexity index is 822. The Morgan fingerprint density at radius 1 is 0.939 bits per heavy atom. The van der Waals surface area contributed by atoms with Gasteiger partial charge in [-0.1, -0.05) is 25.3 Å². The molecule has 1 saturated heterocycles. The van der Waals surface area contributed by atoms with E-state index in [1.165, 1.54) is 6.42 Å². The van der Waals surface area contributed by atoms with Crippen LogP contribution in [0, 0.1) is 0 Å². The van der Waals surface area contributed by atoms with E-state index in [-0.39, 0.29) is 24.3 Å². The molecule has 1 aliphatic carbocycles. The van der Waals surface area contributed by atoms with E-state index in [9.17, 15) is 9.59 Å². The number of hydrogen-bond acceptors (Lipinski definition) is 5. The van der Waals surface area contributed by atoms with Crippen molar-refractivity contribution in [2.45, 2.75) is 116 Å². The molecule has 3 rings (SSSR count). The number of nitrogens with zero attached hydrogens (tertiary/aromatic N) is 3. The first kappa shape index (κ1) is 25.3. The molecule has 1 unspecified atom stereocenters. The fraction of sp³-hybridized carbons (Fsp3) is 0.731. The fourth-order valence-electron chi connectivity index (χ4n) is 4.72. The van der Waals surface area contributed by atoms with Crippen LogP contribution in [0.1, 0.15) is 105 Å². The molecule has 2 aliphatic rings. The molecule has 1 saturated carbocycles. The Morgan fingerprint density at radius 2 is 1.58 bits per heavy atom. The van der Waals surface area contributed by atoms with Crippen molar-refractivity contribution < 1.29 is 19.1 Å². The predicted octanol–water partition coefficient (Wildman–Crippen LogP) is 6.62. The first-order valence-corrected chi connectivity index (χ1v) is 12.4. The second-order valence-electron chi connectivity index (χ2n) is 11.2. The molecule has 0 bridgehead atoms. The number of carbonyl (C=O) groups excluding carboxylic acids is 2. The van der Waals surface area contributed by atoms with Gasteiger partial charge in [-0.05, 0) is 79.7 Å². The number of rotatable bonds is 3. The fourth-order valence-corrected chi connectivity index (χ4v) is 4.72. The van der Waals surface area contributed by atoms with Gasteiger partial charge in [0.2, 0.25) is 0 Å². The molecule has 0 radical (unpaired) electrons. The van der Waals surface area contributed by atoms with Crippen LogP contribution in [0.2, 0.25) is 0 Å². The van der Waals surface area contributed by atoms with Crippen LogP contribution >= 0.6 is 0 Å².